The van der Waals surface area contributed by atoms with Crippen molar-refractivity contribution in [2.24, 2.45) is 5.73 Å². The van der Waals surface area contributed by atoms with Crippen LogP contribution in [0.25, 0.3) is 0 Å². The number of hydrazine groups is 1. The van der Waals surface area contributed by atoms with Gasteiger partial charge >= 0.3 is 6.03 Å². The van der Waals surface area contributed by atoms with Crippen LogP contribution in [0.5, 0.6) is 0 Å². The summed E-state index contributed by atoms with van der Waals surface area (Å²) in [6.45, 7) is 1.92. The Bertz CT molecular complexity index is 378. The molecule has 0 aromatic heterocycles. The van der Waals surface area contributed by atoms with Gasteiger partial charge in [0.1, 0.15) is 0 Å². The van der Waals surface area contributed by atoms with Gasteiger partial charge in [0.05, 0.1) is 6.04 Å². The monoisotopic (exact) mass is 236 g/mol. The molecule has 0 heterocycles. The summed E-state index contributed by atoms with van der Waals surface area (Å²) in [4.78, 5) is 22.3. The maximum absolute atomic E-state index is 11.3. The topological polar surface area (TPSA) is 96.2 Å². The van der Waals surface area contributed by atoms with E-state index in [-0.39, 0.29) is 0 Å². The fourth-order valence-electron chi connectivity index (χ4n) is 1.05. The first-order valence-electron chi connectivity index (χ1n) is 5.23. The molecular formula is C11H16N4O2. The van der Waals surface area contributed by atoms with Crippen molar-refractivity contribution in [2.75, 3.05) is 0 Å². The van der Waals surface area contributed by atoms with Crippen LogP contribution >= 0.6 is 0 Å². The summed E-state index contributed by atoms with van der Waals surface area (Å²) in [7, 11) is 0. The smallest absolute Gasteiger partial charge is 0.333 e. The molecule has 6 heteroatoms. The molecular weight excluding hydrogens is 220 g/mol. The van der Waals surface area contributed by atoms with Gasteiger partial charge in [0.2, 0.25) is 0 Å². The molecule has 0 saturated heterocycles. The van der Waals surface area contributed by atoms with Gasteiger partial charge in [-0.1, -0.05) is 30.3 Å². The second kappa shape index (κ2) is 6.49. The number of rotatable bonds is 3. The van der Waals surface area contributed by atoms with Crippen LogP contribution < -0.4 is 21.9 Å². The molecule has 0 unspecified atom stereocenters. The molecule has 1 rings (SSSR count). The Balaban J connectivity index is 2.24. The second-order valence-electron chi connectivity index (χ2n) is 3.57. The molecule has 92 valence electrons. The summed E-state index contributed by atoms with van der Waals surface area (Å²) in [5.41, 5.74) is 10.7. The van der Waals surface area contributed by atoms with Crippen molar-refractivity contribution in [3.63, 3.8) is 0 Å². The number of amides is 3. The van der Waals surface area contributed by atoms with E-state index in [0.29, 0.717) is 6.54 Å². The molecule has 0 spiro atoms. The summed E-state index contributed by atoms with van der Waals surface area (Å²) in [5, 5.41) is 2.59. The number of benzene rings is 1. The van der Waals surface area contributed by atoms with Crippen molar-refractivity contribution in [3.8, 4) is 0 Å². The van der Waals surface area contributed by atoms with Gasteiger partial charge in [-0.2, -0.15) is 0 Å². The SMILES string of the molecule is C[C@H](N)C(=O)NNC(=O)NCc1ccccc1. The van der Waals surface area contributed by atoms with Crippen LogP contribution in [0.1, 0.15) is 12.5 Å². The highest BCUT2D eigenvalue weighted by Crippen LogP contribution is 1.96. The van der Waals surface area contributed by atoms with Crippen molar-refractivity contribution in [3.05, 3.63) is 35.9 Å². The van der Waals surface area contributed by atoms with Crippen molar-refractivity contribution in [1.82, 2.24) is 16.2 Å². The Kier molecular flexibility index (Phi) is 4.96. The average Bonchev–Trinajstić information content (AvgIpc) is 2.34. The molecule has 1 atom stereocenters. The van der Waals surface area contributed by atoms with Gasteiger partial charge in [0.15, 0.2) is 0 Å². The quantitative estimate of drug-likeness (QED) is 0.550. The molecule has 0 aliphatic heterocycles. The zero-order valence-electron chi connectivity index (χ0n) is 9.57. The Hall–Kier alpha value is -2.08. The standard InChI is InChI=1S/C11H16N4O2/c1-8(12)10(16)14-15-11(17)13-7-9-5-3-2-4-6-9/h2-6,8H,7,12H2,1H3,(H,14,16)(H2,13,15,17)/t8-/m0/s1. The Labute approximate surface area is 99.5 Å². The predicted octanol–water partition coefficient (Wildman–Crippen LogP) is -0.136. The molecule has 0 aliphatic carbocycles. The van der Waals surface area contributed by atoms with Crippen LogP contribution in [-0.4, -0.2) is 18.0 Å². The summed E-state index contributed by atoms with van der Waals surface area (Å²) in [6.07, 6.45) is 0. The summed E-state index contributed by atoms with van der Waals surface area (Å²) >= 11 is 0. The number of nitrogens with two attached hydrogens (primary N) is 1. The van der Waals surface area contributed by atoms with Crippen LogP contribution in [0.3, 0.4) is 0 Å². The maximum atomic E-state index is 11.3. The highest BCUT2D eigenvalue weighted by Gasteiger charge is 2.07. The first-order chi connectivity index (χ1) is 8.09. The number of urea groups is 1. The van der Waals surface area contributed by atoms with Crippen molar-refractivity contribution in [1.29, 1.82) is 0 Å². The third-order valence-electron chi connectivity index (χ3n) is 2.01. The molecule has 0 fully saturated rings. The van der Waals surface area contributed by atoms with Gasteiger partial charge in [-0.05, 0) is 12.5 Å². The van der Waals surface area contributed by atoms with E-state index in [1.165, 1.54) is 6.92 Å². The first kappa shape index (κ1) is 13.0. The molecule has 3 amide bonds. The molecule has 17 heavy (non-hydrogen) atoms. The molecule has 0 bridgehead atoms. The molecule has 5 N–H and O–H groups in total. The van der Waals surface area contributed by atoms with Gasteiger partial charge in [-0.25, -0.2) is 10.2 Å². The largest absolute Gasteiger partial charge is 0.333 e. The highest BCUT2D eigenvalue weighted by molar-refractivity contribution is 5.84. The molecule has 0 saturated carbocycles. The lowest BCUT2D eigenvalue weighted by atomic mass is 10.2. The minimum Gasteiger partial charge on any atom is -0.333 e. The van der Waals surface area contributed by atoms with Crippen LogP contribution in [0.2, 0.25) is 0 Å². The highest BCUT2D eigenvalue weighted by atomic mass is 16.2. The number of carbonyl (C=O) groups is 2. The summed E-state index contributed by atoms with van der Waals surface area (Å²) in [6, 6.07) is 8.29. The lowest BCUT2D eigenvalue weighted by Crippen LogP contribution is -2.51. The van der Waals surface area contributed by atoms with Crippen molar-refractivity contribution in [2.45, 2.75) is 19.5 Å². The van der Waals surface area contributed by atoms with E-state index in [9.17, 15) is 9.59 Å². The molecule has 1 aromatic rings. The van der Waals surface area contributed by atoms with Crippen molar-refractivity contribution < 1.29 is 9.59 Å². The zero-order valence-corrected chi connectivity index (χ0v) is 9.57. The lowest BCUT2D eigenvalue weighted by molar-refractivity contribution is -0.122. The lowest BCUT2D eigenvalue weighted by Gasteiger charge is -2.10. The molecule has 6 nitrogen and oxygen atoms in total. The fraction of sp³-hybridized carbons (Fsp3) is 0.273. The summed E-state index contributed by atoms with van der Waals surface area (Å²) < 4.78 is 0. The Morgan fingerprint density at radius 2 is 1.88 bits per heavy atom. The van der Waals surface area contributed by atoms with Gasteiger partial charge in [-0.3, -0.25) is 10.2 Å². The van der Waals surface area contributed by atoms with Gasteiger partial charge < -0.3 is 11.1 Å². The maximum Gasteiger partial charge on any atom is 0.333 e. The third-order valence-corrected chi connectivity index (χ3v) is 2.01. The molecule has 1 aromatic carbocycles. The van der Waals surface area contributed by atoms with E-state index in [4.69, 9.17) is 5.73 Å². The first-order valence-corrected chi connectivity index (χ1v) is 5.23. The Morgan fingerprint density at radius 3 is 2.47 bits per heavy atom. The van der Waals surface area contributed by atoms with Crippen LogP contribution in [0.15, 0.2) is 30.3 Å². The van der Waals surface area contributed by atoms with Crippen LogP contribution in [-0.2, 0) is 11.3 Å². The van der Waals surface area contributed by atoms with E-state index in [0.717, 1.165) is 5.56 Å². The van der Waals surface area contributed by atoms with Crippen LogP contribution in [0.4, 0.5) is 4.79 Å². The van der Waals surface area contributed by atoms with Gasteiger partial charge in [-0.15, -0.1) is 0 Å². The fourth-order valence-corrected chi connectivity index (χ4v) is 1.05. The second-order valence-corrected chi connectivity index (χ2v) is 3.57. The van der Waals surface area contributed by atoms with Gasteiger partial charge in [0.25, 0.3) is 5.91 Å². The third kappa shape index (κ3) is 4.98. The molecule has 0 aliphatic rings. The summed E-state index contributed by atoms with van der Waals surface area (Å²) in [5.74, 6) is -0.445. The van der Waals surface area contributed by atoms with Crippen molar-refractivity contribution >= 4 is 11.9 Å². The Morgan fingerprint density at radius 1 is 1.24 bits per heavy atom. The van der Waals surface area contributed by atoms with Crippen LogP contribution in [0, 0.1) is 0 Å². The van der Waals surface area contributed by atoms with E-state index in [2.05, 4.69) is 16.2 Å². The van der Waals surface area contributed by atoms with E-state index < -0.39 is 18.0 Å². The van der Waals surface area contributed by atoms with Gasteiger partial charge in [0, 0.05) is 6.54 Å². The van der Waals surface area contributed by atoms with E-state index in [1.807, 2.05) is 30.3 Å². The minimum absolute atomic E-state index is 0.390. The predicted molar refractivity (Wildman–Crippen MR) is 63.6 cm³/mol. The normalized spacial score (nSPS) is 11.4. The number of carbonyl (C=O) groups excluding carboxylic acids is 2. The number of hydrogen-bond acceptors (Lipinski definition) is 3. The minimum atomic E-state index is -0.663. The van der Waals surface area contributed by atoms with E-state index >= 15 is 0 Å². The molecule has 0 radical (unpaired) electrons. The average molecular weight is 236 g/mol. The number of nitrogens with one attached hydrogen (secondary N) is 3. The number of hydrogen-bond donors (Lipinski definition) is 4. The van der Waals surface area contributed by atoms with E-state index in [1.54, 1.807) is 0 Å². The zero-order chi connectivity index (χ0) is 12.7.